The van der Waals surface area contributed by atoms with Crippen molar-refractivity contribution in [2.24, 2.45) is 0 Å². The third-order valence-corrected chi connectivity index (χ3v) is 3.95. The van der Waals surface area contributed by atoms with Crippen LogP contribution in [0.2, 0.25) is 0 Å². The van der Waals surface area contributed by atoms with Crippen LogP contribution in [0.1, 0.15) is 25.7 Å². The standard InChI is InChI=1S/C16H24N2O3/c1-20-13-6-7-15(21-2)14(12-13)17-16(19)8-11-18-9-4-3-5-10-18/h6-7,12H,3-5,8-11H2,1-2H3,(H,17,19)/p+1. The zero-order chi connectivity index (χ0) is 15.1. The van der Waals surface area contributed by atoms with E-state index in [0.29, 0.717) is 23.6 Å². The van der Waals surface area contributed by atoms with Crippen LogP contribution >= 0.6 is 0 Å². The number of amides is 1. The fourth-order valence-corrected chi connectivity index (χ4v) is 2.72. The molecule has 2 N–H and O–H groups in total. The van der Waals surface area contributed by atoms with Crippen LogP contribution in [-0.4, -0.2) is 39.8 Å². The number of hydrogen-bond acceptors (Lipinski definition) is 3. The molecule has 21 heavy (non-hydrogen) atoms. The number of hydrogen-bond donors (Lipinski definition) is 2. The Labute approximate surface area is 126 Å². The first-order valence-electron chi connectivity index (χ1n) is 7.58. The average molecular weight is 293 g/mol. The lowest BCUT2D eigenvalue weighted by atomic mass is 10.1. The van der Waals surface area contributed by atoms with Crippen molar-refractivity contribution >= 4 is 11.6 Å². The Morgan fingerprint density at radius 3 is 2.62 bits per heavy atom. The molecule has 1 aromatic carbocycles. The molecule has 2 rings (SSSR count). The number of ether oxygens (including phenoxy) is 2. The van der Waals surface area contributed by atoms with E-state index < -0.39 is 0 Å². The number of carbonyl (C=O) groups is 1. The van der Waals surface area contributed by atoms with Crippen molar-refractivity contribution in [3.8, 4) is 11.5 Å². The van der Waals surface area contributed by atoms with Gasteiger partial charge in [0.15, 0.2) is 0 Å². The number of benzene rings is 1. The normalized spacial score (nSPS) is 15.5. The summed E-state index contributed by atoms with van der Waals surface area (Å²) in [5, 5.41) is 2.92. The summed E-state index contributed by atoms with van der Waals surface area (Å²) in [6.45, 7) is 3.28. The maximum atomic E-state index is 12.1. The third kappa shape index (κ3) is 4.63. The molecule has 0 atom stereocenters. The summed E-state index contributed by atoms with van der Waals surface area (Å²) in [7, 11) is 3.20. The number of carbonyl (C=O) groups excluding carboxylic acids is 1. The molecule has 0 radical (unpaired) electrons. The third-order valence-electron chi connectivity index (χ3n) is 3.95. The van der Waals surface area contributed by atoms with E-state index in [-0.39, 0.29) is 5.91 Å². The topological polar surface area (TPSA) is 52.0 Å². The van der Waals surface area contributed by atoms with Gasteiger partial charge in [-0.1, -0.05) is 0 Å². The Morgan fingerprint density at radius 1 is 1.19 bits per heavy atom. The van der Waals surface area contributed by atoms with Crippen molar-refractivity contribution in [1.82, 2.24) is 0 Å². The van der Waals surface area contributed by atoms with E-state index in [2.05, 4.69) is 5.32 Å². The molecule has 116 valence electrons. The predicted octanol–water partition coefficient (Wildman–Crippen LogP) is 1.10. The zero-order valence-corrected chi connectivity index (χ0v) is 12.9. The van der Waals surface area contributed by atoms with Crippen molar-refractivity contribution in [3.05, 3.63) is 18.2 Å². The summed E-state index contributed by atoms with van der Waals surface area (Å²) in [6, 6.07) is 5.39. The smallest absolute Gasteiger partial charge is 0.230 e. The van der Waals surface area contributed by atoms with E-state index in [1.807, 2.05) is 6.07 Å². The molecule has 0 bridgehead atoms. The van der Waals surface area contributed by atoms with E-state index in [1.54, 1.807) is 26.4 Å². The van der Waals surface area contributed by atoms with Crippen LogP contribution in [0, 0.1) is 0 Å². The minimum Gasteiger partial charge on any atom is -0.497 e. The van der Waals surface area contributed by atoms with Crippen LogP contribution in [0.25, 0.3) is 0 Å². The van der Waals surface area contributed by atoms with Gasteiger partial charge in [-0.3, -0.25) is 4.79 Å². The van der Waals surface area contributed by atoms with E-state index >= 15 is 0 Å². The second-order valence-electron chi connectivity index (χ2n) is 5.43. The van der Waals surface area contributed by atoms with E-state index in [0.717, 1.165) is 6.54 Å². The van der Waals surface area contributed by atoms with Gasteiger partial charge in [0.1, 0.15) is 11.5 Å². The highest BCUT2D eigenvalue weighted by molar-refractivity contribution is 5.92. The van der Waals surface area contributed by atoms with Crippen molar-refractivity contribution in [2.45, 2.75) is 25.7 Å². The van der Waals surface area contributed by atoms with Gasteiger partial charge < -0.3 is 19.7 Å². The van der Waals surface area contributed by atoms with Gasteiger partial charge in [-0.05, 0) is 31.4 Å². The van der Waals surface area contributed by atoms with Crippen molar-refractivity contribution < 1.29 is 19.2 Å². The van der Waals surface area contributed by atoms with E-state index in [1.165, 1.54) is 37.3 Å². The highest BCUT2D eigenvalue weighted by Crippen LogP contribution is 2.28. The minimum atomic E-state index is 0.0274. The molecule has 1 amide bonds. The summed E-state index contributed by atoms with van der Waals surface area (Å²) >= 11 is 0. The molecule has 1 heterocycles. The Hall–Kier alpha value is -1.75. The second-order valence-corrected chi connectivity index (χ2v) is 5.43. The van der Waals surface area contributed by atoms with E-state index in [9.17, 15) is 4.79 Å². The monoisotopic (exact) mass is 293 g/mol. The molecule has 1 aromatic rings. The summed E-state index contributed by atoms with van der Waals surface area (Å²) in [5.74, 6) is 1.38. The number of nitrogens with one attached hydrogen (secondary N) is 2. The minimum absolute atomic E-state index is 0.0274. The summed E-state index contributed by atoms with van der Waals surface area (Å²) < 4.78 is 10.4. The zero-order valence-electron chi connectivity index (χ0n) is 12.9. The fraction of sp³-hybridized carbons (Fsp3) is 0.562. The van der Waals surface area contributed by atoms with Crippen LogP contribution in [-0.2, 0) is 4.79 Å². The van der Waals surface area contributed by atoms with Crippen molar-refractivity contribution in [3.63, 3.8) is 0 Å². The van der Waals surface area contributed by atoms with Gasteiger partial charge in [0.05, 0.1) is 46.0 Å². The van der Waals surface area contributed by atoms with Gasteiger partial charge in [0.25, 0.3) is 0 Å². The summed E-state index contributed by atoms with van der Waals surface area (Å²) in [5.41, 5.74) is 0.662. The molecule has 0 spiro atoms. The highest BCUT2D eigenvalue weighted by atomic mass is 16.5. The molecule has 0 aromatic heterocycles. The van der Waals surface area contributed by atoms with Gasteiger partial charge in [-0.15, -0.1) is 0 Å². The van der Waals surface area contributed by atoms with Crippen molar-refractivity contribution in [1.29, 1.82) is 0 Å². The molecule has 5 heteroatoms. The summed E-state index contributed by atoms with van der Waals surface area (Å²) in [4.78, 5) is 13.6. The molecule has 1 aliphatic heterocycles. The quantitative estimate of drug-likeness (QED) is 0.826. The van der Waals surface area contributed by atoms with Gasteiger partial charge in [0, 0.05) is 6.07 Å². The van der Waals surface area contributed by atoms with Gasteiger partial charge >= 0.3 is 0 Å². The number of methoxy groups -OCH3 is 2. The molecule has 1 aliphatic rings. The highest BCUT2D eigenvalue weighted by Gasteiger charge is 2.16. The second kappa shape index (κ2) is 7.88. The lowest BCUT2D eigenvalue weighted by molar-refractivity contribution is -0.904. The number of rotatable bonds is 6. The number of anilines is 1. The Kier molecular flexibility index (Phi) is 5.87. The molecule has 1 saturated heterocycles. The van der Waals surface area contributed by atoms with Crippen LogP contribution in [0.15, 0.2) is 18.2 Å². The lowest BCUT2D eigenvalue weighted by Gasteiger charge is -2.23. The first-order chi connectivity index (χ1) is 10.2. The number of quaternary nitrogens is 1. The van der Waals surface area contributed by atoms with Crippen LogP contribution in [0.3, 0.4) is 0 Å². The van der Waals surface area contributed by atoms with Crippen LogP contribution in [0.4, 0.5) is 5.69 Å². The predicted molar refractivity (Wildman–Crippen MR) is 82.2 cm³/mol. The maximum absolute atomic E-state index is 12.1. The lowest BCUT2D eigenvalue weighted by Crippen LogP contribution is -3.12. The Morgan fingerprint density at radius 2 is 1.95 bits per heavy atom. The van der Waals surface area contributed by atoms with Crippen LogP contribution in [0.5, 0.6) is 11.5 Å². The fourth-order valence-electron chi connectivity index (χ4n) is 2.72. The maximum Gasteiger partial charge on any atom is 0.230 e. The van der Waals surface area contributed by atoms with E-state index in [4.69, 9.17) is 9.47 Å². The first-order valence-corrected chi connectivity index (χ1v) is 7.58. The average Bonchev–Trinajstić information content (AvgIpc) is 2.54. The Balaban J connectivity index is 1.89. The van der Waals surface area contributed by atoms with Gasteiger partial charge in [0.2, 0.25) is 5.91 Å². The van der Waals surface area contributed by atoms with Crippen LogP contribution < -0.4 is 19.7 Å². The Bertz CT molecular complexity index is 471. The SMILES string of the molecule is COc1ccc(OC)c(NC(=O)CC[NH+]2CCCCC2)c1. The molecule has 1 fully saturated rings. The molecule has 5 nitrogen and oxygen atoms in total. The van der Waals surface area contributed by atoms with Crippen molar-refractivity contribution in [2.75, 3.05) is 39.2 Å². The summed E-state index contributed by atoms with van der Waals surface area (Å²) in [6.07, 6.45) is 4.42. The largest absolute Gasteiger partial charge is 0.497 e. The molecular formula is C16H25N2O3+. The van der Waals surface area contributed by atoms with Gasteiger partial charge in [-0.25, -0.2) is 0 Å². The molecule has 0 aliphatic carbocycles. The molecule has 0 saturated carbocycles. The number of likely N-dealkylation sites (tertiary alicyclic amines) is 1. The molecular weight excluding hydrogens is 268 g/mol. The first kappa shape index (κ1) is 15.6. The molecule has 0 unspecified atom stereocenters. The van der Waals surface area contributed by atoms with Gasteiger partial charge in [-0.2, -0.15) is 0 Å². The number of piperidine rings is 1.